The van der Waals surface area contributed by atoms with Gasteiger partial charge in [-0.05, 0) is 42.0 Å². The summed E-state index contributed by atoms with van der Waals surface area (Å²) in [7, 11) is 0. The largest absolute Gasteiger partial charge is 0.337 e. The second-order valence-corrected chi connectivity index (χ2v) is 7.27. The molecule has 8 nitrogen and oxygen atoms in total. The van der Waals surface area contributed by atoms with Crippen LogP contribution in [0.3, 0.4) is 0 Å². The lowest BCUT2D eigenvalue weighted by Crippen LogP contribution is -2.51. The van der Waals surface area contributed by atoms with Gasteiger partial charge in [0, 0.05) is 24.5 Å². The molecule has 1 aromatic carbocycles. The van der Waals surface area contributed by atoms with Crippen LogP contribution in [-0.2, 0) is 4.79 Å². The first-order valence-corrected chi connectivity index (χ1v) is 9.17. The van der Waals surface area contributed by atoms with E-state index in [1.807, 2.05) is 12.1 Å². The van der Waals surface area contributed by atoms with Crippen molar-refractivity contribution in [2.24, 2.45) is 0 Å². The van der Waals surface area contributed by atoms with Gasteiger partial charge in [0.25, 0.3) is 0 Å². The van der Waals surface area contributed by atoms with Crippen molar-refractivity contribution >= 4 is 17.6 Å². The first-order valence-electron chi connectivity index (χ1n) is 9.17. The lowest BCUT2D eigenvalue weighted by molar-refractivity contribution is -0.122. The second kappa shape index (κ2) is 6.38. The van der Waals surface area contributed by atoms with Gasteiger partial charge >= 0.3 is 6.03 Å². The predicted octanol–water partition coefficient (Wildman–Crippen LogP) is 1.93. The summed E-state index contributed by atoms with van der Waals surface area (Å²) in [4.78, 5) is 28.0. The number of carbonyl (C=O) groups is 2. The normalized spacial score (nSPS) is 23.4. The smallest absolute Gasteiger partial charge is 0.321 e. The minimum Gasteiger partial charge on any atom is -0.337 e. The minimum absolute atomic E-state index is 0.0293. The fourth-order valence-corrected chi connectivity index (χ4v) is 3.95. The van der Waals surface area contributed by atoms with Crippen LogP contribution in [0, 0.1) is 17.1 Å². The maximum absolute atomic E-state index is 14.5. The van der Waals surface area contributed by atoms with Crippen molar-refractivity contribution in [2.45, 2.75) is 24.2 Å². The van der Waals surface area contributed by atoms with E-state index in [2.05, 4.69) is 20.7 Å². The van der Waals surface area contributed by atoms with Gasteiger partial charge in [-0.2, -0.15) is 10.4 Å². The molecule has 0 radical (unpaired) electrons. The highest BCUT2D eigenvalue weighted by Crippen LogP contribution is 2.56. The lowest BCUT2D eigenvalue weighted by Gasteiger charge is -2.22. The molecule has 144 valence electrons. The van der Waals surface area contributed by atoms with Gasteiger partial charge in [0.05, 0.1) is 23.2 Å². The van der Waals surface area contributed by atoms with Crippen LogP contribution in [0.5, 0.6) is 0 Å². The maximum atomic E-state index is 14.5. The number of urea groups is 1. The van der Waals surface area contributed by atoms with E-state index in [0.29, 0.717) is 16.9 Å². The number of hydrogen-bond acceptors (Lipinski definition) is 5. The number of fused-ring (bicyclic) bond motifs is 1. The summed E-state index contributed by atoms with van der Waals surface area (Å²) in [5.41, 5.74) is 2.93. The van der Waals surface area contributed by atoms with Crippen molar-refractivity contribution in [2.75, 3.05) is 6.54 Å². The Morgan fingerprint density at radius 3 is 2.79 bits per heavy atom. The topological polar surface area (TPSA) is 112 Å². The molecule has 3 heterocycles. The zero-order valence-electron chi connectivity index (χ0n) is 15.1. The highest BCUT2D eigenvalue weighted by atomic mass is 19.1. The van der Waals surface area contributed by atoms with Crippen molar-refractivity contribution in [3.8, 4) is 6.07 Å². The number of halogens is 1. The maximum Gasteiger partial charge on any atom is 0.321 e. The molecule has 1 aliphatic heterocycles. The number of carbonyl (C=O) groups excluding carboxylic acids is 2. The Bertz CT molecular complexity index is 1210. The molecule has 0 bridgehead atoms. The molecule has 1 unspecified atom stereocenters. The molecular formula is C20H15FN6O2. The Balaban J connectivity index is 1.51. The molecule has 1 saturated carbocycles. The fraction of sp³-hybridized carbons (Fsp3) is 0.250. The first-order chi connectivity index (χ1) is 14.0. The summed E-state index contributed by atoms with van der Waals surface area (Å²) >= 11 is 0. The van der Waals surface area contributed by atoms with E-state index >= 15 is 0 Å². The molecular weight excluding hydrogens is 375 g/mol. The van der Waals surface area contributed by atoms with Crippen LogP contribution in [0.1, 0.15) is 46.6 Å². The zero-order valence-corrected chi connectivity index (χ0v) is 15.1. The molecule has 2 aromatic heterocycles. The van der Waals surface area contributed by atoms with Gasteiger partial charge in [0.1, 0.15) is 5.82 Å². The molecule has 29 heavy (non-hydrogen) atoms. The van der Waals surface area contributed by atoms with E-state index in [1.54, 1.807) is 29.0 Å². The Kier molecular flexibility index (Phi) is 3.81. The third-order valence-electron chi connectivity index (χ3n) is 5.50. The monoisotopic (exact) mass is 390 g/mol. The van der Waals surface area contributed by atoms with Crippen LogP contribution in [0.25, 0.3) is 5.65 Å². The third-order valence-corrected chi connectivity index (χ3v) is 5.50. The van der Waals surface area contributed by atoms with Crippen molar-refractivity contribution in [1.82, 2.24) is 25.2 Å². The Morgan fingerprint density at radius 1 is 1.21 bits per heavy atom. The summed E-state index contributed by atoms with van der Waals surface area (Å²) in [5, 5.41) is 18.3. The summed E-state index contributed by atoms with van der Waals surface area (Å²) in [6.07, 6.45) is 4.06. The Morgan fingerprint density at radius 2 is 2.03 bits per heavy atom. The second-order valence-electron chi connectivity index (χ2n) is 7.27. The third kappa shape index (κ3) is 2.89. The van der Waals surface area contributed by atoms with Crippen molar-refractivity contribution < 1.29 is 14.0 Å². The van der Waals surface area contributed by atoms with Gasteiger partial charge < -0.3 is 5.32 Å². The zero-order chi connectivity index (χ0) is 20.1. The molecule has 1 saturated heterocycles. The average molecular weight is 390 g/mol. The van der Waals surface area contributed by atoms with E-state index in [9.17, 15) is 14.0 Å². The van der Waals surface area contributed by atoms with Crippen LogP contribution in [0.4, 0.5) is 9.18 Å². The predicted molar refractivity (Wildman–Crippen MR) is 98.5 cm³/mol. The van der Waals surface area contributed by atoms with Crippen molar-refractivity contribution in [1.29, 1.82) is 5.26 Å². The number of nitrogens with zero attached hydrogens (tertiary/aromatic N) is 4. The first kappa shape index (κ1) is 17.3. The molecule has 2 aliphatic rings. The van der Waals surface area contributed by atoms with Crippen LogP contribution in [0.15, 0.2) is 36.7 Å². The molecule has 2 N–H and O–H groups in total. The summed E-state index contributed by atoms with van der Waals surface area (Å²) < 4.78 is 16.1. The molecule has 0 spiro atoms. The number of imidazole rings is 1. The molecule has 3 aromatic rings. The SMILES string of the molecule is N#Cc1ccc([C@H]2C[C@@H]2c2cc(C3CNC(=O)NC3=O)nn3ccnc23)c(F)c1. The fourth-order valence-electron chi connectivity index (χ4n) is 3.95. The molecule has 2 fully saturated rings. The van der Waals surface area contributed by atoms with Crippen molar-refractivity contribution in [3.63, 3.8) is 0 Å². The van der Waals surface area contributed by atoms with Gasteiger partial charge in [-0.25, -0.2) is 18.7 Å². The van der Waals surface area contributed by atoms with Crippen LogP contribution in [0.2, 0.25) is 0 Å². The number of nitrogens with one attached hydrogen (secondary N) is 2. The van der Waals surface area contributed by atoms with Crippen LogP contribution < -0.4 is 10.6 Å². The van der Waals surface area contributed by atoms with Gasteiger partial charge in [-0.3, -0.25) is 10.1 Å². The van der Waals surface area contributed by atoms with Gasteiger partial charge in [-0.15, -0.1) is 0 Å². The van der Waals surface area contributed by atoms with E-state index < -0.39 is 17.9 Å². The lowest BCUT2D eigenvalue weighted by atomic mass is 9.98. The summed E-state index contributed by atoms with van der Waals surface area (Å²) in [6.45, 7) is 0.162. The number of rotatable bonds is 3. The van der Waals surface area contributed by atoms with Crippen molar-refractivity contribution in [3.05, 3.63) is 64.9 Å². The minimum atomic E-state index is -0.609. The molecule has 9 heteroatoms. The molecule has 5 rings (SSSR count). The van der Waals surface area contributed by atoms with Gasteiger partial charge in [0.15, 0.2) is 5.65 Å². The molecule has 1 aliphatic carbocycles. The highest BCUT2D eigenvalue weighted by Gasteiger charge is 2.43. The Hall–Kier alpha value is -3.80. The number of nitriles is 1. The van der Waals surface area contributed by atoms with E-state index in [4.69, 9.17) is 5.26 Å². The number of aromatic nitrogens is 3. The van der Waals surface area contributed by atoms with Crippen LogP contribution >= 0.6 is 0 Å². The van der Waals surface area contributed by atoms with Gasteiger partial charge in [0.2, 0.25) is 5.91 Å². The number of hydrogen-bond donors (Lipinski definition) is 2. The average Bonchev–Trinajstić information content (AvgIpc) is 3.34. The number of imide groups is 1. The number of benzene rings is 1. The van der Waals surface area contributed by atoms with E-state index in [0.717, 1.165) is 12.0 Å². The number of amides is 3. The quantitative estimate of drug-likeness (QED) is 0.710. The van der Waals surface area contributed by atoms with E-state index in [1.165, 1.54) is 6.07 Å². The summed E-state index contributed by atoms with van der Waals surface area (Å²) in [5.74, 6) is -1.40. The molecule has 3 atom stereocenters. The molecule has 3 amide bonds. The highest BCUT2D eigenvalue weighted by molar-refractivity contribution is 6.00. The van der Waals surface area contributed by atoms with E-state index in [-0.39, 0.29) is 29.8 Å². The van der Waals surface area contributed by atoms with Crippen LogP contribution in [-0.4, -0.2) is 33.1 Å². The standard InChI is InChI=1S/C20H15FN6O2/c21-16-5-10(8-22)1-2-11(16)12-6-13(12)14-7-17(26-27-4-3-23-18(14)27)15-9-24-20(29)25-19(15)28/h1-5,7,12-13,15H,6,9H2,(H2,24,25,28,29)/t12-,13+,15?/m1/s1. The van der Waals surface area contributed by atoms with Gasteiger partial charge in [-0.1, -0.05) is 6.07 Å². The summed E-state index contributed by atoms with van der Waals surface area (Å²) in [6, 6.07) is 7.78. The Labute approximate surface area is 164 Å².